The molecule has 2 heterocycles. The van der Waals surface area contributed by atoms with E-state index in [0.29, 0.717) is 35.4 Å². The first-order valence-corrected chi connectivity index (χ1v) is 7.94. The van der Waals surface area contributed by atoms with Gasteiger partial charge in [-0.25, -0.2) is 0 Å². The summed E-state index contributed by atoms with van der Waals surface area (Å²) in [5.74, 6) is -0.289. The smallest absolute Gasteiger partial charge is 0.239 e. The van der Waals surface area contributed by atoms with E-state index in [0.717, 1.165) is 0 Å². The number of hydrogen-bond acceptors (Lipinski definition) is 5. The topological polar surface area (TPSA) is 79.5 Å². The number of halogens is 1. The number of carbonyl (C=O) groups is 2. The van der Waals surface area contributed by atoms with Crippen LogP contribution in [0.15, 0.2) is 28.8 Å². The second kappa shape index (κ2) is 6.60. The molecule has 0 spiro atoms. The minimum absolute atomic E-state index is 0.205. The van der Waals surface area contributed by atoms with Gasteiger partial charge in [0.2, 0.25) is 17.7 Å². The van der Waals surface area contributed by atoms with E-state index in [2.05, 4.69) is 10.1 Å². The Labute approximate surface area is 144 Å². The first-order valence-electron chi connectivity index (χ1n) is 7.57. The lowest BCUT2D eigenvalue weighted by molar-refractivity contribution is -0.139. The molecule has 1 fully saturated rings. The molecule has 7 nitrogen and oxygen atoms in total. The number of hydrogen-bond donors (Lipinski definition) is 0. The Hall–Kier alpha value is -2.41. The highest BCUT2D eigenvalue weighted by Crippen LogP contribution is 2.28. The van der Waals surface area contributed by atoms with Gasteiger partial charge in [0, 0.05) is 31.2 Å². The highest BCUT2D eigenvalue weighted by atomic mass is 35.5. The van der Waals surface area contributed by atoms with Gasteiger partial charge in [-0.1, -0.05) is 22.8 Å². The Morgan fingerprint density at radius 3 is 2.96 bits per heavy atom. The Kier molecular flexibility index (Phi) is 4.53. The molecule has 0 saturated carbocycles. The molecule has 0 aliphatic carbocycles. The fourth-order valence-corrected chi connectivity index (χ4v) is 2.96. The maximum Gasteiger partial charge on any atom is 0.239 e. The normalized spacial score (nSPS) is 17.4. The largest absolute Gasteiger partial charge is 0.340 e. The zero-order chi connectivity index (χ0) is 17.3. The van der Waals surface area contributed by atoms with Crippen LogP contribution in [0.25, 0.3) is 0 Å². The molecule has 1 aromatic carbocycles. The van der Waals surface area contributed by atoms with Crippen molar-refractivity contribution < 1.29 is 14.1 Å². The third-order valence-corrected chi connectivity index (χ3v) is 4.18. The first kappa shape index (κ1) is 16.4. The van der Waals surface area contributed by atoms with E-state index in [1.165, 1.54) is 4.90 Å². The van der Waals surface area contributed by atoms with Crippen molar-refractivity contribution in [3.8, 4) is 0 Å². The number of rotatable bonds is 4. The van der Waals surface area contributed by atoms with Gasteiger partial charge in [0.05, 0.1) is 6.54 Å². The number of anilines is 1. The minimum atomic E-state index is -0.693. The second-order valence-electron chi connectivity index (χ2n) is 5.73. The molecule has 0 unspecified atom stereocenters. The summed E-state index contributed by atoms with van der Waals surface area (Å²) < 4.78 is 4.89. The molecule has 2 amide bonds. The zero-order valence-corrected chi connectivity index (χ0v) is 14.2. The van der Waals surface area contributed by atoms with Gasteiger partial charge in [0.1, 0.15) is 5.92 Å². The van der Waals surface area contributed by atoms with Gasteiger partial charge < -0.3 is 14.3 Å². The molecule has 1 aliphatic rings. The lowest BCUT2D eigenvalue weighted by Crippen LogP contribution is -2.38. The standard InChI is InChI=1S/C16H17ClN4O3/c1-10-18-14(19-24-10)9-20(2)15(22)13-6-7-21(16(13)23)12-5-3-4-11(17)8-12/h3-5,8,13H,6-7,9H2,1-2H3/t13-/m0/s1. The van der Waals surface area contributed by atoms with Crippen LogP contribution in [0.3, 0.4) is 0 Å². The maximum atomic E-state index is 12.6. The Morgan fingerprint density at radius 1 is 1.50 bits per heavy atom. The number of aromatic nitrogens is 2. The minimum Gasteiger partial charge on any atom is -0.340 e. The van der Waals surface area contributed by atoms with Crippen molar-refractivity contribution >= 4 is 29.1 Å². The van der Waals surface area contributed by atoms with Crippen molar-refractivity contribution in [1.82, 2.24) is 15.0 Å². The molecule has 0 radical (unpaired) electrons. The lowest BCUT2D eigenvalue weighted by atomic mass is 10.1. The van der Waals surface area contributed by atoms with E-state index >= 15 is 0 Å². The van der Waals surface area contributed by atoms with Crippen molar-refractivity contribution in [1.29, 1.82) is 0 Å². The van der Waals surface area contributed by atoms with Crippen molar-refractivity contribution in [3.05, 3.63) is 41.0 Å². The number of aryl methyl sites for hydroxylation is 1. The SMILES string of the molecule is Cc1nc(CN(C)C(=O)[C@@H]2CCN(c3cccc(Cl)c3)C2=O)no1. The number of amides is 2. The molecular formula is C16H17ClN4O3. The second-order valence-corrected chi connectivity index (χ2v) is 6.17. The van der Waals surface area contributed by atoms with E-state index in [4.69, 9.17) is 16.1 Å². The number of benzene rings is 1. The van der Waals surface area contributed by atoms with Gasteiger partial charge in [-0.3, -0.25) is 9.59 Å². The van der Waals surface area contributed by atoms with Gasteiger partial charge in [-0.05, 0) is 24.6 Å². The van der Waals surface area contributed by atoms with Crippen LogP contribution < -0.4 is 4.90 Å². The van der Waals surface area contributed by atoms with Gasteiger partial charge in [0.15, 0.2) is 5.82 Å². The maximum absolute atomic E-state index is 12.6. The van der Waals surface area contributed by atoms with Crippen LogP contribution in [0.2, 0.25) is 5.02 Å². The lowest BCUT2D eigenvalue weighted by Gasteiger charge is -2.20. The average molecular weight is 349 g/mol. The van der Waals surface area contributed by atoms with Crippen LogP contribution in [0.5, 0.6) is 0 Å². The summed E-state index contributed by atoms with van der Waals surface area (Å²) in [6, 6.07) is 7.06. The van der Waals surface area contributed by atoms with E-state index in [1.54, 1.807) is 37.1 Å². The predicted octanol–water partition coefficient (Wildman–Crippen LogP) is 2.04. The molecule has 0 N–H and O–H groups in total. The van der Waals surface area contributed by atoms with Crippen molar-refractivity contribution in [3.63, 3.8) is 0 Å². The molecule has 8 heteroatoms. The molecule has 1 aliphatic heterocycles. The zero-order valence-electron chi connectivity index (χ0n) is 13.4. The van der Waals surface area contributed by atoms with Crippen molar-refractivity contribution in [2.45, 2.75) is 19.9 Å². The summed E-state index contributed by atoms with van der Waals surface area (Å²) in [5, 5.41) is 4.32. The molecule has 3 rings (SSSR count). The summed E-state index contributed by atoms with van der Waals surface area (Å²) in [5.41, 5.74) is 0.708. The molecule has 24 heavy (non-hydrogen) atoms. The quantitative estimate of drug-likeness (QED) is 0.790. The Bertz CT molecular complexity index is 776. The molecule has 1 saturated heterocycles. The molecule has 1 atom stereocenters. The molecular weight excluding hydrogens is 332 g/mol. The van der Waals surface area contributed by atoms with E-state index in [-0.39, 0.29) is 18.4 Å². The van der Waals surface area contributed by atoms with E-state index in [1.807, 2.05) is 6.07 Å². The highest BCUT2D eigenvalue weighted by Gasteiger charge is 2.39. The van der Waals surface area contributed by atoms with Crippen LogP contribution in [0.4, 0.5) is 5.69 Å². The summed E-state index contributed by atoms with van der Waals surface area (Å²) in [6.07, 6.45) is 0.472. The van der Waals surface area contributed by atoms with Gasteiger partial charge >= 0.3 is 0 Å². The van der Waals surface area contributed by atoms with E-state index < -0.39 is 5.92 Å². The summed E-state index contributed by atoms with van der Waals surface area (Å²) in [6.45, 7) is 2.38. The molecule has 1 aromatic heterocycles. The Morgan fingerprint density at radius 2 is 2.29 bits per heavy atom. The summed E-state index contributed by atoms with van der Waals surface area (Å²) in [4.78, 5) is 32.3. The van der Waals surface area contributed by atoms with Gasteiger partial charge in [-0.2, -0.15) is 4.98 Å². The van der Waals surface area contributed by atoms with Crippen LogP contribution in [0.1, 0.15) is 18.1 Å². The third kappa shape index (κ3) is 3.26. The summed E-state index contributed by atoms with van der Waals surface area (Å²) >= 11 is 5.98. The Balaban J connectivity index is 1.69. The average Bonchev–Trinajstić information content (AvgIpc) is 3.12. The van der Waals surface area contributed by atoms with Gasteiger partial charge in [0.25, 0.3) is 0 Å². The fraction of sp³-hybridized carbons (Fsp3) is 0.375. The van der Waals surface area contributed by atoms with Crippen LogP contribution in [-0.4, -0.2) is 40.4 Å². The summed E-state index contributed by atoms with van der Waals surface area (Å²) in [7, 11) is 1.63. The van der Waals surface area contributed by atoms with Crippen LogP contribution >= 0.6 is 11.6 Å². The third-order valence-electron chi connectivity index (χ3n) is 3.95. The highest BCUT2D eigenvalue weighted by molar-refractivity contribution is 6.31. The van der Waals surface area contributed by atoms with Crippen LogP contribution in [-0.2, 0) is 16.1 Å². The molecule has 2 aromatic rings. The van der Waals surface area contributed by atoms with Crippen molar-refractivity contribution in [2.24, 2.45) is 5.92 Å². The molecule has 0 bridgehead atoms. The van der Waals surface area contributed by atoms with E-state index in [9.17, 15) is 9.59 Å². The number of nitrogens with zero attached hydrogens (tertiary/aromatic N) is 4. The molecule has 126 valence electrons. The first-order chi connectivity index (χ1) is 11.5. The monoisotopic (exact) mass is 348 g/mol. The predicted molar refractivity (Wildman–Crippen MR) is 87.4 cm³/mol. The van der Waals surface area contributed by atoms with Gasteiger partial charge in [-0.15, -0.1) is 0 Å². The van der Waals surface area contributed by atoms with Crippen molar-refractivity contribution in [2.75, 3.05) is 18.5 Å². The fourth-order valence-electron chi connectivity index (χ4n) is 2.77. The number of carbonyl (C=O) groups excluding carboxylic acids is 2. The van der Waals surface area contributed by atoms with Crippen LogP contribution in [0, 0.1) is 12.8 Å².